The average molecular weight is 852 g/mol. The Kier molecular flexibility index (Phi) is 11.4. The molecule has 3 saturated heterocycles. The Morgan fingerprint density at radius 1 is 0.857 bits per heavy atom. The zero-order valence-corrected chi connectivity index (χ0v) is 34.6. The number of nitrogens with one attached hydrogen (secondary N) is 3. The number of methoxy groups -OCH3 is 1. The molecule has 3 fully saturated rings. The summed E-state index contributed by atoms with van der Waals surface area (Å²) in [7, 11) is 1.43. The Hall–Kier alpha value is -7.40. The third-order valence-electron chi connectivity index (χ3n) is 11.9. The summed E-state index contributed by atoms with van der Waals surface area (Å²) in [5.41, 5.74) is 12.9. The zero-order chi connectivity index (χ0) is 43.6. The molecule has 0 bridgehead atoms. The highest BCUT2D eigenvalue weighted by Gasteiger charge is 2.31. The minimum Gasteiger partial charge on any atom is -0.496 e. The molecule has 16 nitrogen and oxygen atoms in total. The van der Waals surface area contributed by atoms with Gasteiger partial charge in [0, 0.05) is 87.2 Å². The van der Waals surface area contributed by atoms with Gasteiger partial charge in [0.05, 0.1) is 23.7 Å². The molecule has 4 aromatic carbocycles. The Morgan fingerprint density at radius 3 is 2.27 bits per heavy atom. The second-order valence-electron chi connectivity index (χ2n) is 16.0. The second-order valence-corrected chi connectivity index (χ2v) is 16.0. The minimum atomic E-state index is -0.704. The van der Waals surface area contributed by atoms with Crippen LogP contribution in [-0.4, -0.2) is 107 Å². The molecule has 5 N–H and O–H groups in total. The summed E-state index contributed by atoms with van der Waals surface area (Å²) in [5.74, 6) is -0.908. The van der Waals surface area contributed by atoms with Crippen molar-refractivity contribution in [1.29, 1.82) is 0 Å². The van der Waals surface area contributed by atoms with Crippen LogP contribution in [0.2, 0.25) is 0 Å². The molecule has 322 valence electrons. The van der Waals surface area contributed by atoms with Crippen molar-refractivity contribution >= 4 is 51.9 Å². The summed E-state index contributed by atoms with van der Waals surface area (Å²) in [6.07, 6.45) is 1.94. The number of ether oxygens (including phenoxy) is 1. The largest absolute Gasteiger partial charge is 0.496 e. The first-order valence-electron chi connectivity index (χ1n) is 20.9. The fourth-order valence-corrected chi connectivity index (χ4v) is 8.42. The number of nitrogen functional groups attached to an aromatic ring is 1. The molecule has 3 aliphatic heterocycles. The molecule has 63 heavy (non-hydrogen) atoms. The van der Waals surface area contributed by atoms with E-state index in [1.54, 1.807) is 16.8 Å². The van der Waals surface area contributed by atoms with Crippen molar-refractivity contribution in [3.05, 3.63) is 120 Å². The van der Waals surface area contributed by atoms with Crippen LogP contribution in [-0.2, 0) is 16.1 Å². The number of imide groups is 1. The number of amides is 4. The molecule has 0 saturated carbocycles. The first-order chi connectivity index (χ1) is 30.6. The maximum absolute atomic E-state index is 13.8. The van der Waals surface area contributed by atoms with Gasteiger partial charge in [0.25, 0.3) is 11.8 Å². The molecule has 17 heteroatoms. The van der Waals surface area contributed by atoms with E-state index in [4.69, 9.17) is 15.6 Å². The van der Waals surface area contributed by atoms with Crippen molar-refractivity contribution in [2.45, 2.75) is 25.4 Å². The molecule has 1 unspecified atom stereocenters. The van der Waals surface area contributed by atoms with Crippen LogP contribution >= 0.6 is 0 Å². The number of hydrogen-bond donors (Lipinski definition) is 4. The molecule has 1 atom stereocenters. The second kappa shape index (κ2) is 17.5. The first kappa shape index (κ1) is 41.0. The monoisotopic (exact) mass is 851 g/mol. The molecule has 3 aliphatic rings. The SMILES string of the molecule is COc1ccc(F)cc1C(=O)NCc1ccc(-c2nn(-c3ccc(N4CC(CN5CCN(c6ccc(C(=O)NC7CCC(=O)NC7=O)cc6)CC5)C4)cc3)c3ncnc(N)c23)cc1. The van der Waals surface area contributed by atoms with Crippen LogP contribution in [0.3, 0.4) is 0 Å². The van der Waals surface area contributed by atoms with Gasteiger partial charge >= 0.3 is 0 Å². The topological polar surface area (TPSA) is 193 Å². The Bertz CT molecular complexity index is 2680. The van der Waals surface area contributed by atoms with Crippen molar-refractivity contribution < 1.29 is 28.3 Å². The van der Waals surface area contributed by atoms with E-state index in [9.17, 15) is 23.6 Å². The van der Waals surface area contributed by atoms with E-state index in [0.29, 0.717) is 40.4 Å². The smallest absolute Gasteiger partial charge is 0.255 e. The first-order valence-corrected chi connectivity index (χ1v) is 20.9. The Labute approximate surface area is 362 Å². The van der Waals surface area contributed by atoms with Gasteiger partial charge in [-0.05, 0) is 78.7 Å². The Balaban J connectivity index is 0.770. The van der Waals surface area contributed by atoms with Gasteiger partial charge in [-0.25, -0.2) is 19.0 Å². The summed E-state index contributed by atoms with van der Waals surface area (Å²) in [6, 6.07) is 26.4. The van der Waals surface area contributed by atoms with Crippen LogP contribution in [0.25, 0.3) is 28.0 Å². The van der Waals surface area contributed by atoms with Crippen LogP contribution in [0.1, 0.15) is 39.1 Å². The number of hydrogen-bond acceptors (Lipinski definition) is 12. The molecule has 0 spiro atoms. The van der Waals surface area contributed by atoms with Crippen molar-refractivity contribution in [2.24, 2.45) is 5.92 Å². The molecule has 9 rings (SSSR count). The van der Waals surface area contributed by atoms with E-state index >= 15 is 0 Å². The van der Waals surface area contributed by atoms with Crippen molar-refractivity contribution in [2.75, 3.05) is 68.5 Å². The van der Waals surface area contributed by atoms with Crippen molar-refractivity contribution in [3.8, 4) is 22.7 Å². The van der Waals surface area contributed by atoms with Crippen LogP contribution < -0.4 is 36.2 Å². The summed E-state index contributed by atoms with van der Waals surface area (Å²) in [6.45, 7) is 6.88. The number of piperazine rings is 1. The van der Waals surface area contributed by atoms with Gasteiger partial charge in [0.15, 0.2) is 5.65 Å². The maximum Gasteiger partial charge on any atom is 0.255 e. The molecule has 0 radical (unpaired) electrons. The van der Waals surface area contributed by atoms with E-state index in [1.807, 2.05) is 48.5 Å². The summed E-state index contributed by atoms with van der Waals surface area (Å²) < 4.78 is 20.8. The summed E-state index contributed by atoms with van der Waals surface area (Å²) in [4.78, 5) is 65.1. The van der Waals surface area contributed by atoms with Crippen LogP contribution in [0, 0.1) is 11.7 Å². The number of fused-ring (bicyclic) bond motifs is 1. The minimum absolute atomic E-state index is 0.120. The van der Waals surface area contributed by atoms with Crippen LogP contribution in [0.15, 0.2) is 97.3 Å². The third kappa shape index (κ3) is 8.72. The van der Waals surface area contributed by atoms with Gasteiger partial charge in [0.1, 0.15) is 35.4 Å². The van der Waals surface area contributed by atoms with Crippen LogP contribution in [0.5, 0.6) is 5.75 Å². The molecular formula is C46H46FN11O5. The lowest BCUT2D eigenvalue weighted by atomic mass is 9.98. The van der Waals surface area contributed by atoms with Gasteiger partial charge in [-0.3, -0.25) is 29.4 Å². The maximum atomic E-state index is 13.8. The lowest BCUT2D eigenvalue weighted by Crippen LogP contribution is -2.55. The lowest BCUT2D eigenvalue weighted by molar-refractivity contribution is -0.134. The predicted octanol–water partition coefficient (Wildman–Crippen LogP) is 3.94. The van der Waals surface area contributed by atoms with Gasteiger partial charge < -0.3 is 30.9 Å². The summed E-state index contributed by atoms with van der Waals surface area (Å²) in [5, 5.41) is 13.4. The number of rotatable bonds is 12. The highest BCUT2D eigenvalue weighted by molar-refractivity contribution is 6.04. The van der Waals surface area contributed by atoms with Crippen molar-refractivity contribution in [3.63, 3.8) is 0 Å². The van der Waals surface area contributed by atoms with Crippen LogP contribution in [0.4, 0.5) is 21.6 Å². The average Bonchev–Trinajstić information content (AvgIpc) is 3.69. The number of aromatic nitrogens is 4. The number of anilines is 3. The standard InChI is InChI=1S/C46H46FN11O5/c1-63-38-16-8-32(47)22-36(38)45(61)49-23-28-2-4-30(5-3-28)41-40-42(48)50-27-51-43(40)58(54-41)35-13-11-34(12-14-35)57-25-29(26-57)24-55-18-20-56(21-19-55)33-9-6-31(7-10-33)44(60)52-37-15-17-39(59)53-46(37)62/h2-14,16,22,27,29,37H,15,17-21,23-26H2,1H3,(H,49,61)(H,52,60)(H2,48,50,51)(H,53,59,62). The molecule has 4 amide bonds. The van der Waals surface area contributed by atoms with Gasteiger partial charge in [0.2, 0.25) is 11.8 Å². The number of piperidine rings is 1. The highest BCUT2D eigenvalue weighted by Crippen LogP contribution is 2.33. The number of benzene rings is 4. The molecule has 0 aliphatic carbocycles. The van der Waals surface area contributed by atoms with Crippen molar-refractivity contribution in [1.82, 2.24) is 40.6 Å². The number of carbonyl (C=O) groups excluding carboxylic acids is 4. The Morgan fingerprint density at radius 2 is 1.56 bits per heavy atom. The molecule has 2 aromatic heterocycles. The molecule has 6 aromatic rings. The van der Waals surface area contributed by atoms with E-state index in [1.165, 1.54) is 25.6 Å². The lowest BCUT2D eigenvalue weighted by Gasteiger charge is -2.45. The molecular weight excluding hydrogens is 806 g/mol. The summed E-state index contributed by atoms with van der Waals surface area (Å²) >= 11 is 0. The van der Waals surface area contributed by atoms with Gasteiger partial charge in [-0.15, -0.1) is 0 Å². The van der Waals surface area contributed by atoms with E-state index in [-0.39, 0.29) is 36.1 Å². The van der Waals surface area contributed by atoms with Gasteiger partial charge in [-0.1, -0.05) is 24.3 Å². The number of nitrogens with two attached hydrogens (primary N) is 1. The fraction of sp³-hybridized carbons (Fsp3) is 0.283. The van der Waals surface area contributed by atoms with E-state index in [0.717, 1.165) is 80.1 Å². The van der Waals surface area contributed by atoms with E-state index in [2.05, 4.69) is 52.8 Å². The number of carbonyl (C=O) groups is 4. The zero-order valence-electron chi connectivity index (χ0n) is 34.6. The normalized spacial score (nSPS) is 17.0. The number of halogens is 1. The predicted molar refractivity (Wildman–Crippen MR) is 235 cm³/mol. The quantitative estimate of drug-likeness (QED) is 0.130. The fourth-order valence-electron chi connectivity index (χ4n) is 8.42. The number of nitrogens with zero attached hydrogens (tertiary/aromatic N) is 7. The van der Waals surface area contributed by atoms with E-state index < -0.39 is 23.7 Å². The molecule has 5 heterocycles. The third-order valence-corrected chi connectivity index (χ3v) is 11.9. The highest BCUT2D eigenvalue weighted by atomic mass is 19.1. The van der Waals surface area contributed by atoms with Gasteiger partial charge in [-0.2, -0.15) is 5.10 Å².